The second kappa shape index (κ2) is 4.81. The van der Waals surface area contributed by atoms with E-state index in [1.807, 2.05) is 0 Å². The normalized spacial score (nSPS) is 20.3. The summed E-state index contributed by atoms with van der Waals surface area (Å²) in [5.74, 6) is -2.36. The van der Waals surface area contributed by atoms with Crippen molar-refractivity contribution in [2.45, 2.75) is 12.2 Å². The number of carbonyl (C=O) groups is 1. The van der Waals surface area contributed by atoms with Crippen LogP contribution in [0.2, 0.25) is 0 Å². The molecule has 3 rings (SSSR count). The van der Waals surface area contributed by atoms with E-state index in [1.165, 1.54) is 12.1 Å². The number of fused-ring (bicyclic) bond motifs is 1. The zero-order chi connectivity index (χ0) is 16.0. The van der Waals surface area contributed by atoms with Crippen molar-refractivity contribution in [2.75, 3.05) is 0 Å². The van der Waals surface area contributed by atoms with Crippen LogP contribution in [0.25, 0.3) is 0 Å². The highest BCUT2D eigenvalue weighted by molar-refractivity contribution is 5.92. The van der Waals surface area contributed by atoms with E-state index < -0.39 is 35.2 Å². The maximum absolute atomic E-state index is 12.2. The van der Waals surface area contributed by atoms with Gasteiger partial charge in [0.15, 0.2) is 29.1 Å². The topological polar surface area (TPSA) is 127 Å². The highest BCUT2D eigenvalue weighted by Gasteiger charge is 2.37. The Morgan fingerprint density at radius 2 is 1.50 bits per heavy atom. The van der Waals surface area contributed by atoms with Crippen LogP contribution in [-0.2, 0) is 4.79 Å². The van der Waals surface area contributed by atoms with E-state index in [0.29, 0.717) is 0 Å². The summed E-state index contributed by atoms with van der Waals surface area (Å²) in [5.41, 5.74) is 0.275. The van der Waals surface area contributed by atoms with Crippen molar-refractivity contribution in [1.82, 2.24) is 0 Å². The third kappa shape index (κ3) is 2.08. The summed E-state index contributed by atoms with van der Waals surface area (Å²) in [4.78, 5) is 12.2. The molecule has 7 heteroatoms. The van der Waals surface area contributed by atoms with E-state index >= 15 is 0 Å². The molecule has 0 saturated carbocycles. The fourth-order valence-electron chi connectivity index (χ4n) is 2.31. The molecule has 0 aromatic heterocycles. The van der Waals surface area contributed by atoms with Crippen LogP contribution in [0.15, 0.2) is 30.3 Å². The SMILES string of the molecule is O=C1C(O)c2cc(O)c(O)cc2OC1c1ccc(O)c(O)c1. The summed E-state index contributed by atoms with van der Waals surface area (Å²) in [6.45, 7) is 0. The molecule has 2 atom stereocenters. The molecule has 0 amide bonds. The van der Waals surface area contributed by atoms with Crippen LogP contribution >= 0.6 is 0 Å². The fourth-order valence-corrected chi connectivity index (χ4v) is 2.31. The molecule has 2 aromatic carbocycles. The van der Waals surface area contributed by atoms with Crippen molar-refractivity contribution in [1.29, 1.82) is 0 Å². The van der Waals surface area contributed by atoms with Crippen molar-refractivity contribution in [3.8, 4) is 28.7 Å². The first-order valence-corrected chi connectivity index (χ1v) is 6.34. The molecule has 1 aliphatic heterocycles. The van der Waals surface area contributed by atoms with Crippen molar-refractivity contribution in [3.63, 3.8) is 0 Å². The Kier molecular flexibility index (Phi) is 3.07. The summed E-state index contributed by atoms with van der Waals surface area (Å²) in [7, 11) is 0. The van der Waals surface area contributed by atoms with E-state index in [2.05, 4.69) is 0 Å². The number of benzene rings is 2. The van der Waals surface area contributed by atoms with Gasteiger partial charge in [-0.25, -0.2) is 0 Å². The Balaban J connectivity index is 2.06. The fraction of sp³-hybridized carbons (Fsp3) is 0.133. The van der Waals surface area contributed by atoms with E-state index in [4.69, 9.17) is 4.74 Å². The monoisotopic (exact) mass is 304 g/mol. The molecular formula is C15H12O7. The number of phenols is 4. The van der Waals surface area contributed by atoms with Crippen LogP contribution in [0.1, 0.15) is 23.3 Å². The molecule has 0 bridgehead atoms. The number of Topliss-reactive ketones (excluding diaryl/α,β-unsaturated/α-hetero) is 1. The van der Waals surface area contributed by atoms with Gasteiger partial charge in [-0.3, -0.25) is 4.79 Å². The standard InChI is InChI=1S/C15H12O7/c16-8-2-1-6(3-9(8)17)15-14(21)13(20)7-4-10(18)11(19)5-12(7)22-15/h1-5,13,15-20H. The van der Waals surface area contributed by atoms with E-state index in [0.717, 1.165) is 18.2 Å². The number of carbonyl (C=O) groups excluding carboxylic acids is 1. The predicted octanol–water partition coefficient (Wildman–Crippen LogP) is 1.25. The summed E-state index contributed by atoms with van der Waals surface area (Å²) in [6.07, 6.45) is -2.76. The van der Waals surface area contributed by atoms with Gasteiger partial charge in [0.2, 0.25) is 5.78 Å². The lowest BCUT2D eigenvalue weighted by Crippen LogP contribution is -2.29. The molecule has 1 heterocycles. The second-order valence-electron chi connectivity index (χ2n) is 4.93. The van der Waals surface area contributed by atoms with Crippen LogP contribution in [0.5, 0.6) is 28.7 Å². The number of aliphatic hydroxyl groups is 1. The minimum atomic E-state index is -1.55. The van der Waals surface area contributed by atoms with Crippen molar-refractivity contribution in [2.24, 2.45) is 0 Å². The Morgan fingerprint density at radius 3 is 2.18 bits per heavy atom. The zero-order valence-corrected chi connectivity index (χ0v) is 11.1. The molecule has 22 heavy (non-hydrogen) atoms. The summed E-state index contributed by atoms with van der Waals surface area (Å²) in [6, 6.07) is 5.86. The molecular weight excluding hydrogens is 292 g/mol. The highest BCUT2D eigenvalue weighted by Crippen LogP contribution is 2.44. The van der Waals surface area contributed by atoms with Gasteiger partial charge < -0.3 is 30.3 Å². The van der Waals surface area contributed by atoms with Gasteiger partial charge in [0, 0.05) is 17.2 Å². The van der Waals surface area contributed by atoms with Gasteiger partial charge in [0.05, 0.1) is 0 Å². The Hall–Kier alpha value is -2.93. The Labute approximate surface area is 124 Å². The molecule has 0 spiro atoms. The molecule has 0 aliphatic carbocycles. The first-order valence-electron chi connectivity index (χ1n) is 6.34. The lowest BCUT2D eigenvalue weighted by molar-refractivity contribution is -0.137. The van der Waals surface area contributed by atoms with Crippen LogP contribution in [0.3, 0.4) is 0 Å². The number of hydrogen-bond acceptors (Lipinski definition) is 7. The number of aliphatic hydroxyl groups excluding tert-OH is 1. The molecule has 1 aliphatic rings. The largest absolute Gasteiger partial charge is 0.504 e. The number of phenolic OH excluding ortho intramolecular Hbond substituents is 4. The van der Waals surface area contributed by atoms with E-state index in [1.54, 1.807) is 0 Å². The number of ether oxygens (including phenoxy) is 1. The number of rotatable bonds is 1. The van der Waals surface area contributed by atoms with E-state index in [-0.39, 0.29) is 22.6 Å². The van der Waals surface area contributed by atoms with Gasteiger partial charge in [-0.2, -0.15) is 0 Å². The minimum absolute atomic E-state index is 0.0413. The van der Waals surface area contributed by atoms with Crippen molar-refractivity contribution < 1.29 is 35.1 Å². The van der Waals surface area contributed by atoms with Gasteiger partial charge >= 0.3 is 0 Å². The molecule has 2 aromatic rings. The summed E-state index contributed by atoms with van der Waals surface area (Å²) < 4.78 is 5.46. The molecule has 7 nitrogen and oxygen atoms in total. The van der Waals surface area contributed by atoms with Gasteiger partial charge in [-0.1, -0.05) is 6.07 Å². The van der Waals surface area contributed by atoms with Crippen LogP contribution < -0.4 is 4.74 Å². The van der Waals surface area contributed by atoms with Gasteiger partial charge in [0.1, 0.15) is 11.9 Å². The average molecular weight is 304 g/mol. The molecule has 2 unspecified atom stereocenters. The Morgan fingerprint density at radius 1 is 0.864 bits per heavy atom. The molecule has 0 fully saturated rings. The number of ketones is 1. The lowest BCUT2D eigenvalue weighted by atomic mass is 9.93. The van der Waals surface area contributed by atoms with Gasteiger partial charge in [-0.05, 0) is 18.2 Å². The third-order valence-corrected chi connectivity index (χ3v) is 3.48. The first-order chi connectivity index (χ1) is 10.4. The average Bonchev–Trinajstić information content (AvgIpc) is 2.48. The van der Waals surface area contributed by atoms with E-state index in [9.17, 15) is 30.3 Å². The lowest BCUT2D eigenvalue weighted by Gasteiger charge is -2.29. The van der Waals surface area contributed by atoms with Crippen molar-refractivity contribution in [3.05, 3.63) is 41.5 Å². The second-order valence-corrected chi connectivity index (χ2v) is 4.93. The maximum Gasteiger partial charge on any atom is 0.210 e. The quantitative estimate of drug-likeness (QED) is 0.501. The highest BCUT2D eigenvalue weighted by atomic mass is 16.5. The molecule has 0 radical (unpaired) electrons. The van der Waals surface area contributed by atoms with Gasteiger partial charge in [0.25, 0.3) is 0 Å². The molecule has 0 saturated heterocycles. The zero-order valence-electron chi connectivity index (χ0n) is 11.1. The molecule has 114 valence electrons. The Bertz CT molecular complexity index is 769. The maximum atomic E-state index is 12.2. The van der Waals surface area contributed by atoms with Crippen LogP contribution in [0.4, 0.5) is 0 Å². The third-order valence-electron chi connectivity index (χ3n) is 3.48. The first kappa shape index (κ1) is 14.0. The molecule has 5 N–H and O–H groups in total. The minimum Gasteiger partial charge on any atom is -0.504 e. The smallest absolute Gasteiger partial charge is 0.210 e. The number of hydrogen-bond donors (Lipinski definition) is 5. The van der Waals surface area contributed by atoms with Crippen LogP contribution in [-0.4, -0.2) is 31.3 Å². The summed E-state index contributed by atoms with van der Waals surface area (Å²) >= 11 is 0. The predicted molar refractivity (Wildman–Crippen MR) is 72.9 cm³/mol. The van der Waals surface area contributed by atoms with Gasteiger partial charge in [-0.15, -0.1) is 0 Å². The van der Waals surface area contributed by atoms with Crippen LogP contribution in [0, 0.1) is 0 Å². The number of aromatic hydroxyl groups is 4. The summed E-state index contributed by atoms with van der Waals surface area (Å²) in [5, 5.41) is 47.8. The van der Waals surface area contributed by atoms with Crippen molar-refractivity contribution >= 4 is 5.78 Å².